The van der Waals surface area contributed by atoms with Crippen molar-refractivity contribution in [3.05, 3.63) is 44.6 Å². The molecular weight excluding hydrogens is 433 g/mol. The number of rotatable bonds is 7. The molecule has 1 aromatic carbocycles. The first-order valence-corrected chi connectivity index (χ1v) is 11.3. The van der Waals surface area contributed by atoms with Gasteiger partial charge in [-0.1, -0.05) is 29.3 Å². The Morgan fingerprint density at radius 1 is 1.11 bits per heavy atom. The van der Waals surface area contributed by atoms with Crippen LogP contribution in [0.1, 0.15) is 22.5 Å². The molecule has 146 valence electrons. The number of carbonyl (C=O) groups excluding carboxylic acids is 1. The minimum Gasteiger partial charge on any atom is -0.487 e. The molecule has 0 spiro atoms. The van der Waals surface area contributed by atoms with Gasteiger partial charge in [-0.15, -0.1) is 11.3 Å². The van der Waals surface area contributed by atoms with Crippen molar-refractivity contribution < 1.29 is 22.7 Å². The summed E-state index contributed by atoms with van der Waals surface area (Å²) < 4.78 is 37.4. The van der Waals surface area contributed by atoms with Crippen molar-refractivity contribution in [1.82, 2.24) is 4.31 Å². The Kier molecular flexibility index (Phi) is 6.65. The summed E-state index contributed by atoms with van der Waals surface area (Å²) in [5.41, 5.74) is 0. The number of hydrogen-bond donors (Lipinski definition) is 0. The van der Waals surface area contributed by atoms with Gasteiger partial charge in [-0.2, -0.15) is 4.31 Å². The number of thiophene rings is 1. The Labute approximate surface area is 171 Å². The molecule has 0 N–H and O–H groups in total. The number of hydrogen-bond acceptors (Lipinski definition) is 6. The fourth-order valence-corrected chi connectivity index (χ4v) is 5.99. The molecule has 2 heterocycles. The average Bonchev–Trinajstić information content (AvgIpc) is 3.32. The Hall–Kier alpha value is -1.32. The zero-order valence-corrected chi connectivity index (χ0v) is 17.3. The molecule has 6 nitrogen and oxygen atoms in total. The van der Waals surface area contributed by atoms with E-state index in [9.17, 15) is 13.2 Å². The summed E-state index contributed by atoms with van der Waals surface area (Å²) in [7, 11) is -3.68. The maximum absolute atomic E-state index is 12.7. The Balaban J connectivity index is 1.60. The highest BCUT2D eigenvalue weighted by Gasteiger charge is 2.32. The zero-order valence-electron chi connectivity index (χ0n) is 14.2. The SMILES string of the molecule is O=C(OCCOc1c(Cl)cccc1Cl)c1sccc1S(=O)(=O)N1CCCC1. The second-order valence-electron chi connectivity index (χ2n) is 5.76. The minimum atomic E-state index is -3.68. The molecule has 1 aromatic heterocycles. The Morgan fingerprint density at radius 3 is 2.44 bits per heavy atom. The molecule has 0 atom stereocenters. The van der Waals surface area contributed by atoms with Gasteiger partial charge in [0.2, 0.25) is 10.0 Å². The summed E-state index contributed by atoms with van der Waals surface area (Å²) in [4.78, 5) is 12.4. The molecule has 1 aliphatic heterocycles. The van der Waals surface area contributed by atoms with Crippen molar-refractivity contribution in [2.24, 2.45) is 0 Å². The highest BCUT2D eigenvalue weighted by Crippen LogP contribution is 2.32. The topological polar surface area (TPSA) is 72.9 Å². The van der Waals surface area contributed by atoms with Gasteiger partial charge < -0.3 is 9.47 Å². The highest BCUT2D eigenvalue weighted by molar-refractivity contribution is 7.89. The molecular formula is C17H17Cl2NO5S2. The van der Waals surface area contributed by atoms with Gasteiger partial charge in [-0.25, -0.2) is 13.2 Å². The van der Waals surface area contributed by atoms with Gasteiger partial charge in [0.15, 0.2) is 5.75 Å². The van der Waals surface area contributed by atoms with E-state index in [2.05, 4.69) is 0 Å². The molecule has 2 aromatic rings. The van der Waals surface area contributed by atoms with Gasteiger partial charge in [0.05, 0.1) is 10.0 Å². The normalized spacial score (nSPS) is 15.0. The number of nitrogens with zero attached hydrogens (tertiary/aromatic N) is 1. The second-order valence-corrected chi connectivity index (χ2v) is 9.40. The van der Waals surface area contributed by atoms with Gasteiger partial charge in [0.1, 0.15) is 23.0 Å². The maximum atomic E-state index is 12.7. The standard InChI is InChI=1S/C17H17Cl2NO5S2/c18-12-4-3-5-13(19)15(12)24-9-10-25-17(21)16-14(6-11-26-16)27(22,23)20-7-1-2-8-20/h3-6,11H,1-2,7-10H2. The second kappa shape index (κ2) is 8.79. The molecule has 0 aliphatic carbocycles. The molecule has 0 unspecified atom stereocenters. The number of esters is 1. The van der Waals surface area contributed by atoms with Crippen molar-refractivity contribution >= 4 is 50.5 Å². The van der Waals surface area contributed by atoms with Gasteiger partial charge in [-0.3, -0.25) is 0 Å². The van der Waals surface area contributed by atoms with E-state index in [1.807, 2.05) is 0 Å². The number of benzene rings is 1. The van der Waals surface area contributed by atoms with Gasteiger partial charge in [0.25, 0.3) is 0 Å². The van der Waals surface area contributed by atoms with Crippen LogP contribution in [0.4, 0.5) is 0 Å². The first-order valence-electron chi connectivity index (χ1n) is 8.23. The summed E-state index contributed by atoms with van der Waals surface area (Å²) in [6, 6.07) is 6.40. The molecule has 0 amide bonds. The fraction of sp³-hybridized carbons (Fsp3) is 0.353. The molecule has 1 saturated heterocycles. The number of para-hydroxylation sites is 1. The molecule has 0 bridgehead atoms. The van der Waals surface area contributed by atoms with E-state index < -0.39 is 16.0 Å². The largest absolute Gasteiger partial charge is 0.487 e. The lowest BCUT2D eigenvalue weighted by Gasteiger charge is -2.15. The average molecular weight is 450 g/mol. The van der Waals surface area contributed by atoms with Crippen molar-refractivity contribution in [2.45, 2.75) is 17.7 Å². The lowest BCUT2D eigenvalue weighted by Crippen LogP contribution is -2.28. The van der Waals surface area contributed by atoms with E-state index in [0.717, 1.165) is 24.2 Å². The summed E-state index contributed by atoms with van der Waals surface area (Å²) in [6.45, 7) is 0.911. The third-order valence-electron chi connectivity index (χ3n) is 3.98. The minimum absolute atomic E-state index is 0.00512. The van der Waals surface area contributed by atoms with E-state index >= 15 is 0 Å². The molecule has 0 saturated carbocycles. The van der Waals surface area contributed by atoms with Gasteiger partial charge >= 0.3 is 5.97 Å². The monoisotopic (exact) mass is 449 g/mol. The number of carbonyl (C=O) groups is 1. The molecule has 3 rings (SSSR count). The summed E-state index contributed by atoms with van der Waals surface area (Å²) in [5.74, 6) is -0.387. The molecule has 10 heteroatoms. The zero-order chi connectivity index (χ0) is 19.4. The lowest BCUT2D eigenvalue weighted by molar-refractivity contribution is 0.0452. The summed E-state index contributed by atoms with van der Waals surface area (Å²) in [6.07, 6.45) is 1.65. The molecule has 0 radical (unpaired) electrons. The van der Waals surface area contributed by atoms with Crippen molar-refractivity contribution in [1.29, 1.82) is 0 Å². The van der Waals surface area contributed by atoms with Crippen molar-refractivity contribution in [3.63, 3.8) is 0 Å². The van der Waals surface area contributed by atoms with Crippen LogP contribution in [0.15, 0.2) is 34.5 Å². The van der Waals surface area contributed by atoms with E-state index in [0.29, 0.717) is 28.9 Å². The van der Waals surface area contributed by atoms with Crippen LogP contribution in [0, 0.1) is 0 Å². The van der Waals surface area contributed by atoms with Crippen LogP contribution >= 0.6 is 34.5 Å². The Bertz CT molecular complexity index is 903. The fourth-order valence-electron chi connectivity index (χ4n) is 2.68. The van der Waals surface area contributed by atoms with Crippen LogP contribution in [-0.4, -0.2) is 45.0 Å². The third-order valence-corrected chi connectivity index (χ3v) is 7.54. The number of halogens is 2. The first kappa shape index (κ1) is 20.4. The Morgan fingerprint density at radius 2 is 1.78 bits per heavy atom. The van der Waals surface area contributed by atoms with E-state index in [1.54, 1.807) is 23.6 Å². The van der Waals surface area contributed by atoms with Gasteiger partial charge in [-0.05, 0) is 36.4 Å². The van der Waals surface area contributed by atoms with Crippen LogP contribution in [0.2, 0.25) is 10.0 Å². The molecule has 27 heavy (non-hydrogen) atoms. The van der Waals surface area contributed by atoms with E-state index in [4.69, 9.17) is 32.7 Å². The van der Waals surface area contributed by atoms with E-state index in [-0.39, 0.29) is 23.0 Å². The third kappa shape index (κ3) is 4.57. The van der Waals surface area contributed by atoms with Crippen LogP contribution in [0.3, 0.4) is 0 Å². The van der Waals surface area contributed by atoms with Crippen molar-refractivity contribution in [2.75, 3.05) is 26.3 Å². The smallest absolute Gasteiger partial charge is 0.349 e. The molecule has 1 fully saturated rings. The quantitative estimate of drug-likeness (QED) is 0.470. The predicted molar refractivity (Wildman–Crippen MR) is 105 cm³/mol. The van der Waals surface area contributed by atoms with Crippen molar-refractivity contribution in [3.8, 4) is 5.75 Å². The first-order chi connectivity index (χ1) is 12.9. The van der Waals surface area contributed by atoms with E-state index in [1.165, 1.54) is 10.4 Å². The van der Waals surface area contributed by atoms with Gasteiger partial charge in [0, 0.05) is 13.1 Å². The number of ether oxygens (including phenoxy) is 2. The predicted octanol–water partition coefficient (Wildman–Crippen LogP) is 4.08. The number of sulfonamides is 1. The summed E-state index contributed by atoms with van der Waals surface area (Å²) >= 11 is 13.0. The van der Waals surface area contributed by atoms with Crippen LogP contribution in [0.5, 0.6) is 5.75 Å². The van der Waals surface area contributed by atoms with Crippen LogP contribution in [-0.2, 0) is 14.8 Å². The van der Waals surface area contributed by atoms with Crippen LogP contribution in [0.25, 0.3) is 0 Å². The van der Waals surface area contributed by atoms with Crippen LogP contribution < -0.4 is 4.74 Å². The highest BCUT2D eigenvalue weighted by atomic mass is 35.5. The lowest BCUT2D eigenvalue weighted by atomic mass is 10.3. The molecule has 1 aliphatic rings. The summed E-state index contributed by atoms with van der Waals surface area (Å²) in [5, 5.41) is 2.27. The maximum Gasteiger partial charge on any atom is 0.349 e.